The van der Waals surface area contributed by atoms with E-state index in [1.807, 2.05) is 36.6 Å². The molecule has 1 aromatic carbocycles. The normalized spacial score (nSPS) is 15.9. The van der Waals surface area contributed by atoms with Crippen LogP contribution in [0.4, 0.5) is 0 Å². The van der Waals surface area contributed by atoms with Gasteiger partial charge in [0.2, 0.25) is 5.91 Å². The summed E-state index contributed by atoms with van der Waals surface area (Å²) in [7, 11) is 0. The predicted molar refractivity (Wildman–Crippen MR) is 97.6 cm³/mol. The van der Waals surface area contributed by atoms with Gasteiger partial charge in [-0.15, -0.1) is 11.3 Å². The number of aromatic nitrogens is 1. The van der Waals surface area contributed by atoms with Crippen molar-refractivity contribution >= 4 is 23.2 Å². The van der Waals surface area contributed by atoms with E-state index < -0.39 is 11.5 Å². The monoisotopic (exact) mass is 358 g/mol. The first kappa shape index (κ1) is 17.6. The average Bonchev–Trinajstić information content (AvgIpc) is 3.17. The van der Waals surface area contributed by atoms with Crippen molar-refractivity contribution < 1.29 is 14.7 Å². The zero-order chi connectivity index (χ0) is 17.9. The number of amides is 1. The lowest BCUT2D eigenvalue weighted by atomic mass is 9.93. The second-order valence-electron chi connectivity index (χ2n) is 6.79. The van der Waals surface area contributed by atoms with Crippen LogP contribution < -0.4 is 5.32 Å². The quantitative estimate of drug-likeness (QED) is 0.827. The molecule has 0 aliphatic heterocycles. The standard InChI is InChI=1S/C19H22N2O3S/c1-13-4-6-14(7-5-13)18-20-15(12-25-18)10-16(22)21-19(11-17(23)24)8-2-3-9-19/h4-7,12H,2-3,8-11H2,1H3,(H,21,22)(H,23,24). The number of rotatable bonds is 6. The molecule has 1 saturated carbocycles. The lowest BCUT2D eigenvalue weighted by molar-refractivity contribution is -0.139. The highest BCUT2D eigenvalue weighted by Gasteiger charge is 2.37. The Morgan fingerprint density at radius 3 is 2.56 bits per heavy atom. The van der Waals surface area contributed by atoms with Crippen LogP contribution in [-0.4, -0.2) is 27.5 Å². The molecule has 0 spiro atoms. The Morgan fingerprint density at radius 1 is 1.24 bits per heavy atom. The molecule has 0 radical (unpaired) electrons. The van der Waals surface area contributed by atoms with Crippen LogP contribution in [0.3, 0.4) is 0 Å². The second-order valence-corrected chi connectivity index (χ2v) is 7.65. The zero-order valence-corrected chi connectivity index (χ0v) is 15.1. The second kappa shape index (κ2) is 7.35. The molecule has 1 aliphatic carbocycles. The fourth-order valence-electron chi connectivity index (χ4n) is 3.41. The van der Waals surface area contributed by atoms with Crippen molar-refractivity contribution in [3.05, 3.63) is 40.9 Å². The molecule has 0 bridgehead atoms. The molecule has 0 saturated heterocycles. The number of aliphatic carboxylic acids is 1. The number of hydrogen-bond donors (Lipinski definition) is 2. The van der Waals surface area contributed by atoms with Crippen molar-refractivity contribution in [2.24, 2.45) is 0 Å². The van der Waals surface area contributed by atoms with E-state index >= 15 is 0 Å². The minimum atomic E-state index is -0.863. The van der Waals surface area contributed by atoms with Gasteiger partial charge in [-0.25, -0.2) is 4.98 Å². The van der Waals surface area contributed by atoms with E-state index in [9.17, 15) is 9.59 Å². The van der Waals surface area contributed by atoms with Crippen LogP contribution >= 0.6 is 11.3 Å². The van der Waals surface area contributed by atoms with Crippen LogP contribution in [0.15, 0.2) is 29.6 Å². The van der Waals surface area contributed by atoms with Gasteiger partial charge in [0.05, 0.1) is 24.1 Å². The summed E-state index contributed by atoms with van der Waals surface area (Å²) in [6.45, 7) is 2.04. The summed E-state index contributed by atoms with van der Waals surface area (Å²) in [5.41, 5.74) is 2.38. The van der Waals surface area contributed by atoms with Gasteiger partial charge in [-0.1, -0.05) is 42.7 Å². The number of nitrogens with one attached hydrogen (secondary N) is 1. The Labute approximate surface area is 151 Å². The van der Waals surface area contributed by atoms with Crippen LogP contribution in [0.2, 0.25) is 0 Å². The van der Waals surface area contributed by atoms with E-state index in [-0.39, 0.29) is 18.7 Å². The van der Waals surface area contributed by atoms with E-state index in [2.05, 4.69) is 10.3 Å². The molecule has 1 aromatic heterocycles. The molecule has 1 amide bonds. The van der Waals surface area contributed by atoms with Crippen LogP contribution in [-0.2, 0) is 16.0 Å². The molecule has 0 unspecified atom stereocenters. The van der Waals surface area contributed by atoms with E-state index in [1.54, 1.807) is 0 Å². The first-order chi connectivity index (χ1) is 12.0. The lowest BCUT2D eigenvalue weighted by Gasteiger charge is -2.28. The molecular formula is C19H22N2O3S. The third kappa shape index (κ3) is 4.45. The molecule has 25 heavy (non-hydrogen) atoms. The van der Waals surface area contributed by atoms with Gasteiger partial charge in [0, 0.05) is 10.9 Å². The fourth-order valence-corrected chi connectivity index (χ4v) is 4.23. The molecule has 5 nitrogen and oxygen atoms in total. The third-order valence-corrected chi connectivity index (χ3v) is 5.59. The lowest BCUT2D eigenvalue weighted by Crippen LogP contribution is -2.48. The maximum atomic E-state index is 12.4. The highest BCUT2D eigenvalue weighted by molar-refractivity contribution is 7.13. The number of nitrogens with zero attached hydrogens (tertiary/aromatic N) is 1. The van der Waals surface area contributed by atoms with Gasteiger partial charge in [0.1, 0.15) is 5.01 Å². The van der Waals surface area contributed by atoms with Gasteiger partial charge >= 0.3 is 5.97 Å². The summed E-state index contributed by atoms with van der Waals surface area (Å²) >= 11 is 1.52. The van der Waals surface area contributed by atoms with Gasteiger partial charge < -0.3 is 10.4 Å². The maximum Gasteiger partial charge on any atom is 0.305 e. The van der Waals surface area contributed by atoms with E-state index in [1.165, 1.54) is 16.9 Å². The van der Waals surface area contributed by atoms with Crippen molar-refractivity contribution in [2.75, 3.05) is 0 Å². The maximum absolute atomic E-state index is 12.4. The summed E-state index contributed by atoms with van der Waals surface area (Å²) in [5, 5.41) is 14.9. The molecule has 132 valence electrons. The summed E-state index contributed by atoms with van der Waals surface area (Å²) < 4.78 is 0. The number of thiazole rings is 1. The molecule has 3 rings (SSSR count). The molecule has 1 heterocycles. The molecular weight excluding hydrogens is 336 g/mol. The van der Waals surface area contributed by atoms with Crippen molar-refractivity contribution in [3.8, 4) is 10.6 Å². The van der Waals surface area contributed by atoms with Crippen molar-refractivity contribution in [3.63, 3.8) is 0 Å². The van der Waals surface area contributed by atoms with Crippen LogP contribution in [0, 0.1) is 6.92 Å². The van der Waals surface area contributed by atoms with E-state index in [4.69, 9.17) is 5.11 Å². The van der Waals surface area contributed by atoms with Crippen LogP contribution in [0.1, 0.15) is 43.4 Å². The average molecular weight is 358 g/mol. The van der Waals surface area contributed by atoms with Gasteiger partial charge in [0.25, 0.3) is 0 Å². The number of carbonyl (C=O) groups is 2. The minimum Gasteiger partial charge on any atom is -0.481 e. The summed E-state index contributed by atoms with van der Waals surface area (Å²) in [6.07, 6.45) is 3.56. The molecule has 2 aromatic rings. The Kier molecular flexibility index (Phi) is 5.18. The summed E-state index contributed by atoms with van der Waals surface area (Å²) in [4.78, 5) is 28.1. The smallest absolute Gasteiger partial charge is 0.305 e. The predicted octanol–water partition coefficient (Wildman–Crippen LogP) is 3.56. The Bertz CT molecular complexity index is 761. The van der Waals surface area contributed by atoms with Crippen molar-refractivity contribution in [2.45, 2.75) is 51.0 Å². The van der Waals surface area contributed by atoms with Crippen LogP contribution in [0.25, 0.3) is 10.6 Å². The molecule has 1 fully saturated rings. The first-order valence-electron chi connectivity index (χ1n) is 8.50. The number of carboxylic acids is 1. The highest BCUT2D eigenvalue weighted by Crippen LogP contribution is 2.33. The highest BCUT2D eigenvalue weighted by atomic mass is 32.1. The zero-order valence-electron chi connectivity index (χ0n) is 14.2. The summed E-state index contributed by atoms with van der Waals surface area (Å²) in [5.74, 6) is -1.01. The van der Waals surface area contributed by atoms with Crippen molar-refractivity contribution in [1.82, 2.24) is 10.3 Å². The van der Waals surface area contributed by atoms with E-state index in [0.717, 1.165) is 41.9 Å². The van der Waals surface area contributed by atoms with Crippen molar-refractivity contribution in [1.29, 1.82) is 0 Å². The molecule has 0 atom stereocenters. The van der Waals surface area contributed by atoms with Gasteiger partial charge in [0.15, 0.2) is 0 Å². The number of carbonyl (C=O) groups excluding carboxylic acids is 1. The summed E-state index contributed by atoms with van der Waals surface area (Å²) in [6, 6.07) is 8.13. The first-order valence-corrected chi connectivity index (χ1v) is 9.38. The fraction of sp³-hybridized carbons (Fsp3) is 0.421. The number of carboxylic acid groups (broad SMARTS) is 1. The van der Waals surface area contributed by atoms with Gasteiger partial charge in [-0.2, -0.15) is 0 Å². The number of aryl methyl sites for hydroxylation is 1. The number of benzene rings is 1. The molecule has 2 N–H and O–H groups in total. The Morgan fingerprint density at radius 2 is 1.92 bits per heavy atom. The largest absolute Gasteiger partial charge is 0.481 e. The molecule has 1 aliphatic rings. The third-order valence-electron chi connectivity index (χ3n) is 4.65. The Hall–Kier alpha value is -2.21. The van der Waals surface area contributed by atoms with Crippen LogP contribution in [0.5, 0.6) is 0 Å². The van der Waals surface area contributed by atoms with Gasteiger partial charge in [-0.05, 0) is 19.8 Å². The SMILES string of the molecule is Cc1ccc(-c2nc(CC(=O)NC3(CC(=O)O)CCCC3)cs2)cc1. The van der Waals surface area contributed by atoms with E-state index in [0.29, 0.717) is 0 Å². The molecule has 6 heteroatoms. The Balaban J connectivity index is 1.65. The topological polar surface area (TPSA) is 79.3 Å². The minimum absolute atomic E-state index is 0.00950. The number of hydrogen-bond acceptors (Lipinski definition) is 4. The van der Waals surface area contributed by atoms with Gasteiger partial charge in [-0.3, -0.25) is 9.59 Å².